The van der Waals surface area contributed by atoms with Gasteiger partial charge in [-0.05, 0) is 26.3 Å². The zero-order valence-corrected chi connectivity index (χ0v) is 8.43. The zero-order valence-electron chi connectivity index (χ0n) is 8.43. The Bertz CT molecular complexity index is 239. The van der Waals surface area contributed by atoms with Crippen molar-refractivity contribution in [2.45, 2.75) is 19.8 Å². The van der Waals surface area contributed by atoms with Crippen molar-refractivity contribution in [1.82, 2.24) is 10.8 Å². The van der Waals surface area contributed by atoms with Gasteiger partial charge in [-0.3, -0.25) is 9.63 Å². The highest BCUT2D eigenvalue weighted by Crippen LogP contribution is 2.25. The largest absolute Gasteiger partial charge is 0.316 e. The fourth-order valence-electron chi connectivity index (χ4n) is 1.52. The smallest absolute Gasteiger partial charge is 0.250 e. The van der Waals surface area contributed by atoms with Gasteiger partial charge in [0.2, 0.25) is 0 Å². The maximum absolute atomic E-state index is 11.6. The second-order valence-corrected chi connectivity index (χ2v) is 3.76. The summed E-state index contributed by atoms with van der Waals surface area (Å²) in [6.07, 6.45) is 6.88. The van der Waals surface area contributed by atoms with E-state index in [1.54, 1.807) is 0 Å². The number of carbonyl (C=O) groups is 1. The van der Waals surface area contributed by atoms with Gasteiger partial charge < -0.3 is 5.32 Å². The van der Waals surface area contributed by atoms with E-state index in [0.29, 0.717) is 6.54 Å². The van der Waals surface area contributed by atoms with Crippen LogP contribution < -0.4 is 10.8 Å². The summed E-state index contributed by atoms with van der Waals surface area (Å²) in [7, 11) is 0. The Kier molecular flexibility index (Phi) is 3.93. The number of nitrogens with one attached hydrogen (secondary N) is 2. The minimum atomic E-state index is -0.368. The van der Waals surface area contributed by atoms with Gasteiger partial charge in [-0.15, -0.1) is 6.42 Å². The molecule has 1 unspecified atom stereocenters. The van der Waals surface area contributed by atoms with Gasteiger partial charge in [-0.2, -0.15) is 0 Å². The predicted octanol–water partition coefficient (Wildman–Crippen LogP) is 0.0571. The van der Waals surface area contributed by atoms with Crippen LogP contribution in [-0.4, -0.2) is 25.6 Å². The quantitative estimate of drug-likeness (QED) is 0.381. The predicted molar refractivity (Wildman–Crippen MR) is 53.1 cm³/mol. The van der Waals surface area contributed by atoms with Gasteiger partial charge in [0.25, 0.3) is 5.91 Å². The third-order valence-electron chi connectivity index (χ3n) is 2.47. The molecule has 0 spiro atoms. The maximum Gasteiger partial charge on any atom is 0.250 e. The monoisotopic (exact) mass is 196 g/mol. The van der Waals surface area contributed by atoms with Crippen LogP contribution in [0.2, 0.25) is 0 Å². The Morgan fingerprint density at radius 2 is 2.57 bits per heavy atom. The molecule has 0 aromatic rings. The Balaban J connectivity index is 2.38. The van der Waals surface area contributed by atoms with Crippen LogP contribution >= 0.6 is 0 Å². The van der Waals surface area contributed by atoms with Crippen molar-refractivity contribution >= 4 is 5.91 Å². The summed E-state index contributed by atoms with van der Waals surface area (Å²) < 4.78 is 0. The van der Waals surface area contributed by atoms with E-state index in [1.165, 1.54) is 0 Å². The van der Waals surface area contributed by atoms with Crippen LogP contribution in [0.15, 0.2) is 0 Å². The SMILES string of the molecule is C#CCONC(=O)C1(C)CCCNC1. The minimum Gasteiger partial charge on any atom is -0.316 e. The maximum atomic E-state index is 11.6. The average Bonchev–Trinajstić information content (AvgIpc) is 2.19. The molecule has 0 radical (unpaired) electrons. The van der Waals surface area contributed by atoms with Crippen molar-refractivity contribution in [2.75, 3.05) is 19.7 Å². The fourth-order valence-corrected chi connectivity index (χ4v) is 1.52. The highest BCUT2D eigenvalue weighted by Gasteiger charge is 2.34. The van der Waals surface area contributed by atoms with E-state index >= 15 is 0 Å². The van der Waals surface area contributed by atoms with Crippen LogP contribution in [0, 0.1) is 17.8 Å². The van der Waals surface area contributed by atoms with Gasteiger partial charge in [-0.1, -0.05) is 5.92 Å². The lowest BCUT2D eigenvalue weighted by atomic mass is 9.82. The number of hydrogen-bond donors (Lipinski definition) is 2. The van der Waals surface area contributed by atoms with E-state index in [2.05, 4.69) is 16.7 Å². The molecule has 14 heavy (non-hydrogen) atoms. The molecular weight excluding hydrogens is 180 g/mol. The second-order valence-electron chi connectivity index (χ2n) is 3.76. The molecule has 1 fully saturated rings. The lowest BCUT2D eigenvalue weighted by Crippen LogP contribution is -2.48. The first-order valence-electron chi connectivity index (χ1n) is 4.75. The molecule has 0 aliphatic carbocycles. The van der Waals surface area contributed by atoms with Crippen LogP contribution in [0.25, 0.3) is 0 Å². The van der Waals surface area contributed by atoms with E-state index in [1.807, 2.05) is 6.92 Å². The van der Waals surface area contributed by atoms with E-state index < -0.39 is 0 Å². The molecule has 0 aromatic heterocycles. The lowest BCUT2D eigenvalue weighted by Gasteiger charge is -2.32. The number of hydrogen-bond acceptors (Lipinski definition) is 3. The Hall–Kier alpha value is -1.05. The summed E-state index contributed by atoms with van der Waals surface area (Å²) in [6, 6.07) is 0. The van der Waals surface area contributed by atoms with Gasteiger partial charge in [0.15, 0.2) is 0 Å². The third kappa shape index (κ3) is 2.72. The van der Waals surface area contributed by atoms with Crippen molar-refractivity contribution < 1.29 is 9.63 Å². The van der Waals surface area contributed by atoms with E-state index in [-0.39, 0.29) is 17.9 Å². The van der Waals surface area contributed by atoms with Crippen LogP contribution in [-0.2, 0) is 9.63 Å². The molecule has 1 atom stereocenters. The molecule has 1 amide bonds. The molecule has 1 aliphatic heterocycles. The van der Waals surface area contributed by atoms with Gasteiger partial charge in [0, 0.05) is 6.54 Å². The fraction of sp³-hybridized carbons (Fsp3) is 0.700. The van der Waals surface area contributed by atoms with E-state index in [0.717, 1.165) is 19.4 Å². The molecule has 1 rings (SSSR count). The van der Waals surface area contributed by atoms with Gasteiger partial charge in [-0.25, -0.2) is 5.48 Å². The molecule has 0 bridgehead atoms. The standard InChI is InChI=1S/C10H16N2O2/c1-3-7-14-12-9(13)10(2)5-4-6-11-8-10/h1,11H,4-8H2,2H3,(H,12,13). The number of hydroxylamine groups is 1. The van der Waals surface area contributed by atoms with Crippen molar-refractivity contribution in [1.29, 1.82) is 0 Å². The summed E-state index contributed by atoms with van der Waals surface area (Å²) in [4.78, 5) is 16.4. The first-order chi connectivity index (χ1) is 6.69. The first-order valence-corrected chi connectivity index (χ1v) is 4.75. The molecule has 2 N–H and O–H groups in total. The Labute approximate surface area is 84.3 Å². The van der Waals surface area contributed by atoms with Gasteiger partial charge in [0.1, 0.15) is 6.61 Å². The van der Waals surface area contributed by atoms with Crippen molar-refractivity contribution in [3.63, 3.8) is 0 Å². The van der Waals surface area contributed by atoms with E-state index in [9.17, 15) is 4.79 Å². The number of rotatable bonds is 3. The molecule has 0 saturated carbocycles. The van der Waals surface area contributed by atoms with Gasteiger partial charge in [0.05, 0.1) is 5.41 Å². The number of carbonyl (C=O) groups excluding carboxylic acids is 1. The second kappa shape index (κ2) is 4.99. The van der Waals surface area contributed by atoms with E-state index in [4.69, 9.17) is 11.3 Å². The average molecular weight is 196 g/mol. The molecule has 78 valence electrons. The normalized spacial score (nSPS) is 26.6. The highest BCUT2D eigenvalue weighted by atomic mass is 16.6. The summed E-state index contributed by atoms with van der Waals surface area (Å²) in [5, 5.41) is 3.19. The topological polar surface area (TPSA) is 50.4 Å². The molecule has 1 aliphatic rings. The number of amides is 1. The highest BCUT2D eigenvalue weighted by molar-refractivity contribution is 5.81. The molecular formula is C10H16N2O2. The minimum absolute atomic E-state index is 0.0973. The van der Waals surface area contributed by atoms with Crippen molar-refractivity contribution in [2.24, 2.45) is 5.41 Å². The summed E-state index contributed by atoms with van der Waals surface area (Å²) in [5.74, 6) is 2.19. The lowest BCUT2D eigenvalue weighted by molar-refractivity contribution is -0.143. The molecule has 4 heteroatoms. The zero-order chi connectivity index (χ0) is 10.4. The van der Waals surface area contributed by atoms with Crippen LogP contribution in [0.5, 0.6) is 0 Å². The van der Waals surface area contributed by atoms with Crippen LogP contribution in [0.3, 0.4) is 0 Å². The van der Waals surface area contributed by atoms with Crippen LogP contribution in [0.1, 0.15) is 19.8 Å². The van der Waals surface area contributed by atoms with Gasteiger partial charge >= 0.3 is 0 Å². The number of terminal acetylenes is 1. The number of piperidine rings is 1. The first kappa shape index (κ1) is 11.0. The third-order valence-corrected chi connectivity index (χ3v) is 2.47. The van der Waals surface area contributed by atoms with Crippen molar-refractivity contribution in [3.8, 4) is 12.3 Å². The summed E-state index contributed by atoms with van der Waals surface area (Å²) in [6.45, 7) is 3.70. The molecule has 1 heterocycles. The van der Waals surface area contributed by atoms with Crippen molar-refractivity contribution in [3.05, 3.63) is 0 Å². The van der Waals surface area contributed by atoms with Crippen LogP contribution in [0.4, 0.5) is 0 Å². The Morgan fingerprint density at radius 1 is 1.79 bits per heavy atom. The summed E-state index contributed by atoms with van der Waals surface area (Å²) in [5.41, 5.74) is 2.00. The molecule has 1 saturated heterocycles. The molecule has 0 aromatic carbocycles. The Morgan fingerprint density at radius 3 is 3.14 bits per heavy atom. The molecule has 4 nitrogen and oxygen atoms in total. The summed E-state index contributed by atoms with van der Waals surface area (Å²) >= 11 is 0.